The molecule has 1 heterocycles. The smallest absolute Gasteiger partial charge is 0.391 e. The summed E-state index contributed by atoms with van der Waals surface area (Å²) >= 11 is 0. The van der Waals surface area contributed by atoms with E-state index in [1.807, 2.05) is 0 Å². The molecule has 1 saturated heterocycles. The Balaban J connectivity index is 0.00000776. The molecule has 0 bridgehead atoms. The highest BCUT2D eigenvalue weighted by molar-refractivity contribution is 7.79. The Morgan fingerprint density at radius 2 is 0.956 bits per heavy atom. The molecule has 90 heavy (non-hydrogen) atoms. The van der Waals surface area contributed by atoms with E-state index < -0.39 is 184 Å². The summed E-state index contributed by atoms with van der Waals surface area (Å²) in [6.45, 7) is 18.1. The highest BCUT2D eigenvalue weighted by Gasteiger charge is 2.41. The van der Waals surface area contributed by atoms with Gasteiger partial charge < -0.3 is 97.4 Å². The van der Waals surface area contributed by atoms with Gasteiger partial charge in [-0.3, -0.25) is 61.8 Å². The van der Waals surface area contributed by atoms with Crippen molar-refractivity contribution in [3.8, 4) is 0 Å². The third-order valence-corrected chi connectivity index (χ3v) is 14.4. The quantitative estimate of drug-likeness (QED) is 0.0338. The maximum Gasteiger partial charge on any atom is 0.394 e. The molecule has 11 amide bonds. The van der Waals surface area contributed by atoms with Crippen molar-refractivity contribution in [2.24, 2.45) is 40.5 Å². The van der Waals surface area contributed by atoms with E-state index in [2.05, 4.69) is 72.3 Å². The van der Waals surface area contributed by atoms with Gasteiger partial charge in [-0.15, -0.1) is 0 Å². The molecular formula is C56H100N16O17S. The van der Waals surface area contributed by atoms with Crippen molar-refractivity contribution in [2.75, 3.05) is 0 Å². The van der Waals surface area contributed by atoms with Gasteiger partial charge in [0.25, 0.3) is 0 Å². The molecular weight excluding hydrogens is 1200 g/mol. The number of hydrogen-bond acceptors (Lipinski definition) is 20. The van der Waals surface area contributed by atoms with Crippen LogP contribution in [0.1, 0.15) is 127 Å². The highest BCUT2D eigenvalue weighted by Crippen LogP contribution is 2.14. The SMILES string of the molecule is CCC(C)CCCCC(=O)N[C@H](C(=O)N[C@H](C(=O)N[C@H](C(=O)N[C@@H]1C(=O)N[C@@H](C(C)N)C(=O)N[C@@H](Cc2ccccc2)C(=O)N[C@@H](CC(C)C)C(=O)N[C@@H](C(C)N)C(=O)N[C@@H](C(C)N)C(=O)N[C@@H]([C@@H](C)O)C(=O)NC1C)C(C)N)[C@@H](C)O)C(C)N.O=S(=O)(O)O. The molecule has 0 spiro atoms. The molecule has 1 aliphatic rings. The van der Waals surface area contributed by atoms with Crippen molar-refractivity contribution in [3.63, 3.8) is 0 Å². The molecule has 0 radical (unpaired) electrons. The van der Waals surface area contributed by atoms with E-state index in [0.29, 0.717) is 17.9 Å². The van der Waals surface area contributed by atoms with Crippen molar-refractivity contribution in [1.82, 2.24) is 58.5 Å². The zero-order chi connectivity index (χ0) is 69.2. The number of hydrogen-bond donors (Lipinski definition) is 20. The second-order valence-electron chi connectivity index (χ2n) is 23.7. The predicted molar refractivity (Wildman–Crippen MR) is 330 cm³/mol. The van der Waals surface area contributed by atoms with Crippen LogP contribution < -0.4 is 87.2 Å². The number of aliphatic hydroxyl groups is 2. The Morgan fingerprint density at radius 1 is 0.544 bits per heavy atom. The van der Waals surface area contributed by atoms with Gasteiger partial charge in [-0.05, 0) is 85.6 Å². The lowest BCUT2D eigenvalue weighted by Gasteiger charge is -2.33. The first-order chi connectivity index (χ1) is 41.6. The second kappa shape index (κ2) is 38.6. The third-order valence-electron chi connectivity index (χ3n) is 14.4. The molecule has 33 nitrogen and oxygen atoms in total. The van der Waals surface area contributed by atoms with Crippen LogP contribution in [0.2, 0.25) is 0 Å². The summed E-state index contributed by atoms with van der Waals surface area (Å²) in [7, 11) is -4.67. The maximum absolute atomic E-state index is 14.8. The Kier molecular flexibility index (Phi) is 34.8. The van der Waals surface area contributed by atoms with Gasteiger partial charge in [0, 0.05) is 43.1 Å². The summed E-state index contributed by atoms with van der Waals surface area (Å²) < 4.78 is 31.6. The summed E-state index contributed by atoms with van der Waals surface area (Å²) in [6, 6.07) is -15.5. The van der Waals surface area contributed by atoms with Crippen LogP contribution in [0.25, 0.3) is 0 Å². The average molecular weight is 1300 g/mol. The Hall–Kier alpha value is -7.02. The highest BCUT2D eigenvalue weighted by atomic mass is 32.3. The normalized spacial score (nSPS) is 24.8. The summed E-state index contributed by atoms with van der Waals surface area (Å²) in [5.74, 6) is -10.8. The number of carbonyl (C=O) groups is 11. The molecule has 1 aliphatic heterocycles. The van der Waals surface area contributed by atoms with Crippen LogP contribution in [0.4, 0.5) is 0 Å². The molecule has 34 heteroatoms. The van der Waals surface area contributed by atoms with E-state index in [0.717, 1.165) is 26.2 Å². The van der Waals surface area contributed by atoms with Crippen LogP contribution in [-0.4, -0.2) is 202 Å². The lowest BCUT2D eigenvalue weighted by atomic mass is 9.99. The zero-order valence-corrected chi connectivity index (χ0v) is 54.1. The van der Waals surface area contributed by atoms with Gasteiger partial charge in [-0.1, -0.05) is 77.3 Å². The van der Waals surface area contributed by atoms with Crippen molar-refractivity contribution >= 4 is 75.4 Å². The first kappa shape index (κ1) is 81.0. The molecule has 1 aromatic rings. The van der Waals surface area contributed by atoms with E-state index in [4.69, 9.17) is 46.2 Å². The van der Waals surface area contributed by atoms with Gasteiger partial charge in [-0.2, -0.15) is 8.42 Å². The molecule has 0 aliphatic carbocycles. The standard InChI is InChI=1S/C56H98N16O13.H2O4S/c1-13-26(4)19-17-18-22-38(75)65-39(27(5)57)50(79)72-46(34(12)74)56(85)69-42(30(8)60)52(81)70-44-32(10)62-55(84)45(33(11)73)71-53(82)43(31(9)61)67-51(80)41(29(7)59)66-48(77)36(23-25(2)3)63-47(76)37(24-35-20-15-14-16-21-35)64-49(78)40(28(6)58)68-54(44)83;1-5(2,3)4/h14-16,20-21,25-34,36-37,39-46,73-74H,13,17-19,22-24,57-61H2,1-12H3,(H,62,84)(H,63,76)(H,64,78)(H,65,75)(H,66,77)(H,67,80)(H,68,83)(H,69,85)(H,70,81)(H,71,82)(H,72,79);(H2,1,2,3,4)/t26?,27?,28?,29?,30?,31?,32?,33-,34-,36+,37+,39+,40+,41+,42+,43+,44+,45+,46+;/m1./s1. The first-order valence-corrected chi connectivity index (χ1v) is 31.2. The number of amides is 11. The second-order valence-corrected chi connectivity index (χ2v) is 24.6. The molecule has 1 fully saturated rings. The number of aliphatic hydroxyl groups excluding tert-OH is 2. The Labute approximate surface area is 525 Å². The van der Waals surface area contributed by atoms with E-state index in [1.165, 1.54) is 48.5 Å². The molecule has 19 atom stereocenters. The summed E-state index contributed by atoms with van der Waals surface area (Å²) in [6.07, 6.45) is -0.182. The summed E-state index contributed by atoms with van der Waals surface area (Å²) in [5.41, 5.74) is 31.7. The Morgan fingerprint density at radius 3 is 1.41 bits per heavy atom. The van der Waals surface area contributed by atoms with Gasteiger partial charge in [0.15, 0.2) is 0 Å². The van der Waals surface area contributed by atoms with Gasteiger partial charge in [-0.25, -0.2) is 0 Å². The zero-order valence-electron chi connectivity index (χ0n) is 53.3. The minimum Gasteiger partial charge on any atom is -0.391 e. The maximum atomic E-state index is 14.8. The number of carbonyl (C=O) groups excluding carboxylic acids is 11. The first-order valence-electron chi connectivity index (χ1n) is 29.8. The molecule has 0 saturated carbocycles. The van der Waals surface area contributed by atoms with Crippen LogP contribution >= 0.6 is 0 Å². The van der Waals surface area contributed by atoms with Gasteiger partial charge >= 0.3 is 10.4 Å². The van der Waals surface area contributed by atoms with Gasteiger partial charge in [0.1, 0.15) is 60.4 Å². The number of nitrogens with one attached hydrogen (secondary N) is 11. The van der Waals surface area contributed by atoms with Crippen LogP contribution in [-0.2, 0) is 69.6 Å². The van der Waals surface area contributed by atoms with Crippen LogP contribution in [0.15, 0.2) is 30.3 Å². The van der Waals surface area contributed by atoms with Crippen LogP contribution in [0.3, 0.4) is 0 Å². The minimum atomic E-state index is -4.67. The fourth-order valence-electron chi connectivity index (χ4n) is 9.04. The molecule has 512 valence electrons. The molecule has 1 aromatic carbocycles. The van der Waals surface area contributed by atoms with E-state index in [-0.39, 0.29) is 25.2 Å². The summed E-state index contributed by atoms with van der Waals surface area (Å²) in [5, 5.41) is 49.1. The fraction of sp³-hybridized carbons (Fsp3) is 0.696. The van der Waals surface area contributed by atoms with Gasteiger partial charge in [0.05, 0.1) is 18.2 Å². The minimum absolute atomic E-state index is 0.00788. The van der Waals surface area contributed by atoms with Crippen molar-refractivity contribution in [3.05, 3.63) is 35.9 Å². The lowest BCUT2D eigenvalue weighted by molar-refractivity contribution is -0.138. The lowest BCUT2D eigenvalue weighted by Crippen LogP contribution is -2.68. The molecule has 25 N–H and O–H groups in total. The van der Waals surface area contributed by atoms with Crippen molar-refractivity contribution in [1.29, 1.82) is 0 Å². The van der Waals surface area contributed by atoms with E-state index >= 15 is 0 Å². The molecule has 0 aromatic heterocycles. The number of rotatable bonds is 24. The summed E-state index contributed by atoms with van der Waals surface area (Å²) in [4.78, 5) is 155. The average Bonchev–Trinajstić information content (AvgIpc) is 1.13. The van der Waals surface area contributed by atoms with Crippen molar-refractivity contribution < 1.29 is 80.5 Å². The largest absolute Gasteiger partial charge is 0.394 e. The monoisotopic (exact) mass is 1300 g/mol. The number of nitrogens with two attached hydrogens (primary N) is 5. The topological polar surface area (TPSA) is 565 Å². The van der Waals surface area contributed by atoms with Gasteiger partial charge in [0.2, 0.25) is 65.0 Å². The third kappa shape index (κ3) is 28.9. The van der Waals surface area contributed by atoms with Crippen LogP contribution in [0, 0.1) is 11.8 Å². The fourth-order valence-corrected chi connectivity index (χ4v) is 9.04. The number of unbranched alkanes of at least 4 members (excludes halogenated alkanes) is 1. The van der Waals surface area contributed by atoms with Crippen molar-refractivity contribution in [2.45, 2.75) is 237 Å². The Bertz CT molecular complexity index is 2660. The van der Waals surface area contributed by atoms with E-state index in [9.17, 15) is 63.0 Å². The predicted octanol–water partition coefficient (Wildman–Crippen LogP) is -5.91. The molecule has 2 rings (SSSR count). The van der Waals surface area contributed by atoms with E-state index in [1.54, 1.807) is 44.2 Å². The number of benzene rings is 1. The van der Waals surface area contributed by atoms with Crippen LogP contribution in [0.5, 0.6) is 0 Å². The molecule has 7 unspecified atom stereocenters.